The van der Waals surface area contributed by atoms with E-state index in [1.807, 2.05) is 30.3 Å². The number of phenols is 1. The van der Waals surface area contributed by atoms with E-state index in [2.05, 4.69) is 6.07 Å². The number of aromatic hydroxyl groups is 1. The number of rotatable bonds is 3. The molecule has 1 aliphatic rings. The van der Waals surface area contributed by atoms with Crippen molar-refractivity contribution in [2.75, 3.05) is 0 Å². The van der Waals surface area contributed by atoms with Crippen molar-refractivity contribution in [1.29, 1.82) is 0 Å². The zero-order chi connectivity index (χ0) is 13.2. The minimum atomic E-state index is -0.0445. The Morgan fingerprint density at radius 1 is 1.16 bits per heavy atom. The van der Waals surface area contributed by atoms with Crippen LogP contribution in [0.4, 0.5) is 0 Å². The van der Waals surface area contributed by atoms with Crippen molar-refractivity contribution in [2.45, 2.75) is 25.0 Å². The fourth-order valence-corrected chi connectivity index (χ4v) is 2.48. The average molecular weight is 255 g/mol. The quantitative estimate of drug-likeness (QED) is 0.884. The predicted octanol–water partition coefficient (Wildman–Crippen LogP) is 2.27. The van der Waals surface area contributed by atoms with Gasteiger partial charge in [-0.25, -0.2) is 0 Å². The predicted molar refractivity (Wildman–Crippen MR) is 74.3 cm³/mol. The van der Waals surface area contributed by atoms with Crippen molar-refractivity contribution in [2.24, 2.45) is 5.73 Å². The van der Waals surface area contributed by atoms with E-state index in [9.17, 15) is 5.11 Å². The lowest BCUT2D eigenvalue weighted by atomic mass is 9.99. The molecule has 98 valence electrons. The summed E-state index contributed by atoms with van der Waals surface area (Å²) in [5.74, 6) is 1.23. The van der Waals surface area contributed by atoms with Crippen LogP contribution in [0.3, 0.4) is 0 Å². The van der Waals surface area contributed by atoms with Crippen LogP contribution in [0, 0.1) is 0 Å². The summed E-state index contributed by atoms with van der Waals surface area (Å²) < 4.78 is 5.89. The van der Waals surface area contributed by atoms with Gasteiger partial charge in [-0.2, -0.15) is 0 Å². The molecule has 3 rings (SSSR count). The highest BCUT2D eigenvalue weighted by atomic mass is 16.5. The molecule has 3 N–H and O–H groups in total. The third-order valence-corrected chi connectivity index (χ3v) is 3.56. The maximum Gasteiger partial charge on any atom is 0.123 e. The Hall–Kier alpha value is -2.00. The molecular formula is C16H17NO2. The molecule has 0 aromatic heterocycles. The first-order chi connectivity index (χ1) is 9.22. The van der Waals surface area contributed by atoms with Crippen LogP contribution in [-0.2, 0) is 12.8 Å². The number of para-hydroxylation sites is 1. The van der Waals surface area contributed by atoms with Gasteiger partial charge < -0.3 is 15.6 Å². The Labute approximate surface area is 112 Å². The third kappa shape index (κ3) is 2.56. The van der Waals surface area contributed by atoms with Gasteiger partial charge in [0.2, 0.25) is 0 Å². The smallest absolute Gasteiger partial charge is 0.123 e. The molecule has 0 saturated carbocycles. The second-order valence-corrected chi connectivity index (χ2v) is 5.00. The number of hydrogen-bond donors (Lipinski definition) is 2. The second kappa shape index (κ2) is 4.94. The SMILES string of the molecule is NC(Cc1ccc(O)cc1)C1Cc2ccccc2O1. The normalized spacial score (nSPS) is 18.7. The van der Waals surface area contributed by atoms with Crippen LogP contribution in [0.2, 0.25) is 0 Å². The van der Waals surface area contributed by atoms with Crippen molar-refractivity contribution >= 4 is 0 Å². The molecule has 2 atom stereocenters. The summed E-state index contributed by atoms with van der Waals surface area (Å²) in [6.45, 7) is 0. The van der Waals surface area contributed by atoms with E-state index in [4.69, 9.17) is 10.5 Å². The molecule has 1 aliphatic heterocycles. The first-order valence-electron chi connectivity index (χ1n) is 6.50. The highest BCUT2D eigenvalue weighted by molar-refractivity contribution is 5.38. The Balaban J connectivity index is 1.66. The van der Waals surface area contributed by atoms with Gasteiger partial charge in [0.1, 0.15) is 17.6 Å². The standard InChI is InChI=1S/C16H17NO2/c17-14(9-11-5-7-13(18)8-6-11)16-10-12-3-1-2-4-15(12)19-16/h1-8,14,16,18H,9-10,17H2. The summed E-state index contributed by atoms with van der Waals surface area (Å²) in [5.41, 5.74) is 8.59. The lowest BCUT2D eigenvalue weighted by molar-refractivity contribution is 0.198. The van der Waals surface area contributed by atoms with E-state index in [0.717, 1.165) is 24.2 Å². The number of hydrogen-bond acceptors (Lipinski definition) is 3. The van der Waals surface area contributed by atoms with E-state index in [1.54, 1.807) is 12.1 Å². The van der Waals surface area contributed by atoms with Crippen molar-refractivity contribution in [3.63, 3.8) is 0 Å². The number of fused-ring (bicyclic) bond motifs is 1. The molecule has 2 aromatic rings. The molecule has 0 amide bonds. The van der Waals surface area contributed by atoms with Crippen LogP contribution >= 0.6 is 0 Å². The lowest BCUT2D eigenvalue weighted by Gasteiger charge is -2.19. The van der Waals surface area contributed by atoms with E-state index in [0.29, 0.717) is 0 Å². The first-order valence-corrected chi connectivity index (χ1v) is 6.50. The average Bonchev–Trinajstić information content (AvgIpc) is 2.85. The summed E-state index contributed by atoms with van der Waals surface area (Å²) in [5, 5.41) is 9.26. The Morgan fingerprint density at radius 2 is 1.89 bits per heavy atom. The maximum atomic E-state index is 9.26. The Kier molecular flexibility index (Phi) is 3.13. The van der Waals surface area contributed by atoms with Crippen LogP contribution in [0.15, 0.2) is 48.5 Å². The van der Waals surface area contributed by atoms with Crippen LogP contribution in [-0.4, -0.2) is 17.3 Å². The monoisotopic (exact) mass is 255 g/mol. The summed E-state index contributed by atoms with van der Waals surface area (Å²) in [4.78, 5) is 0. The molecule has 0 saturated heterocycles. The number of ether oxygens (including phenoxy) is 1. The fraction of sp³-hybridized carbons (Fsp3) is 0.250. The molecule has 2 aromatic carbocycles. The molecule has 3 heteroatoms. The van der Waals surface area contributed by atoms with Gasteiger partial charge in [-0.1, -0.05) is 30.3 Å². The lowest BCUT2D eigenvalue weighted by Crippen LogP contribution is -2.39. The van der Waals surface area contributed by atoms with Crippen molar-refractivity contribution in [3.05, 3.63) is 59.7 Å². The summed E-state index contributed by atoms with van der Waals surface area (Å²) in [7, 11) is 0. The Morgan fingerprint density at radius 3 is 2.63 bits per heavy atom. The zero-order valence-electron chi connectivity index (χ0n) is 10.6. The molecule has 2 unspecified atom stereocenters. The largest absolute Gasteiger partial charge is 0.508 e. The van der Waals surface area contributed by atoms with Crippen LogP contribution in [0.1, 0.15) is 11.1 Å². The van der Waals surface area contributed by atoms with Gasteiger partial charge in [0.25, 0.3) is 0 Å². The fourth-order valence-electron chi connectivity index (χ4n) is 2.48. The van der Waals surface area contributed by atoms with Gasteiger partial charge in [-0.15, -0.1) is 0 Å². The number of benzene rings is 2. The van der Waals surface area contributed by atoms with E-state index >= 15 is 0 Å². The maximum absolute atomic E-state index is 9.26. The van der Waals surface area contributed by atoms with E-state index in [-0.39, 0.29) is 17.9 Å². The minimum Gasteiger partial charge on any atom is -0.508 e. The molecule has 0 spiro atoms. The van der Waals surface area contributed by atoms with Gasteiger partial charge in [0, 0.05) is 12.5 Å². The molecule has 19 heavy (non-hydrogen) atoms. The molecule has 0 bridgehead atoms. The number of nitrogens with two attached hydrogens (primary N) is 1. The van der Waals surface area contributed by atoms with Gasteiger partial charge in [0.15, 0.2) is 0 Å². The molecule has 3 nitrogen and oxygen atoms in total. The van der Waals surface area contributed by atoms with Crippen LogP contribution in [0.5, 0.6) is 11.5 Å². The summed E-state index contributed by atoms with van der Waals surface area (Å²) in [6.07, 6.45) is 1.65. The van der Waals surface area contributed by atoms with Crippen molar-refractivity contribution in [3.8, 4) is 11.5 Å². The minimum absolute atomic E-state index is 0.0335. The van der Waals surface area contributed by atoms with Gasteiger partial charge in [-0.3, -0.25) is 0 Å². The van der Waals surface area contributed by atoms with Crippen LogP contribution in [0.25, 0.3) is 0 Å². The zero-order valence-corrected chi connectivity index (χ0v) is 10.6. The third-order valence-electron chi connectivity index (χ3n) is 3.56. The Bertz CT molecular complexity index is 540. The van der Waals surface area contributed by atoms with Gasteiger partial charge >= 0.3 is 0 Å². The number of phenolic OH excluding ortho intramolecular Hbond substituents is 1. The van der Waals surface area contributed by atoms with Crippen molar-refractivity contribution < 1.29 is 9.84 Å². The summed E-state index contributed by atoms with van der Waals surface area (Å²) >= 11 is 0. The topological polar surface area (TPSA) is 55.5 Å². The van der Waals surface area contributed by atoms with E-state index in [1.165, 1.54) is 5.56 Å². The molecule has 1 heterocycles. The first kappa shape index (κ1) is 12.1. The van der Waals surface area contributed by atoms with E-state index < -0.39 is 0 Å². The van der Waals surface area contributed by atoms with Gasteiger partial charge in [0.05, 0.1) is 0 Å². The van der Waals surface area contributed by atoms with Crippen LogP contribution < -0.4 is 10.5 Å². The van der Waals surface area contributed by atoms with Gasteiger partial charge in [-0.05, 0) is 35.7 Å². The highest BCUT2D eigenvalue weighted by Gasteiger charge is 2.27. The second-order valence-electron chi connectivity index (χ2n) is 5.00. The molecular weight excluding hydrogens is 238 g/mol. The molecule has 0 fully saturated rings. The molecule has 0 aliphatic carbocycles. The van der Waals surface area contributed by atoms with Crippen molar-refractivity contribution in [1.82, 2.24) is 0 Å². The highest BCUT2D eigenvalue weighted by Crippen LogP contribution is 2.29. The molecule has 0 radical (unpaired) electrons. The summed E-state index contributed by atoms with van der Waals surface area (Å²) in [6, 6.07) is 15.2.